The van der Waals surface area contributed by atoms with E-state index in [4.69, 9.17) is 14.2 Å². The molecule has 2 aliphatic heterocycles. The van der Waals surface area contributed by atoms with Crippen molar-refractivity contribution < 1.29 is 55.0 Å². The highest BCUT2D eigenvalue weighted by molar-refractivity contribution is 7.91. The van der Waals surface area contributed by atoms with E-state index in [0.717, 1.165) is 0 Å². The number of aromatic nitrogens is 2. The topological polar surface area (TPSA) is 195 Å². The third-order valence-electron chi connectivity index (χ3n) is 11.6. The van der Waals surface area contributed by atoms with Crippen LogP contribution in [-0.2, 0) is 29.1 Å². The minimum Gasteiger partial charge on any atom is -0.479 e. The Morgan fingerprint density at radius 3 is 2.32 bits per heavy atom. The third-order valence-corrected chi connectivity index (χ3v) is 13.8. The summed E-state index contributed by atoms with van der Waals surface area (Å²) in [6.45, 7) is 6.27. The number of allylic oxidation sites excluding steroid dienone is 1. The van der Waals surface area contributed by atoms with E-state index in [1.54, 1.807) is 37.3 Å². The summed E-state index contributed by atoms with van der Waals surface area (Å²) in [7, 11) is -2.65. The molecule has 312 valence electrons. The van der Waals surface area contributed by atoms with Crippen LogP contribution in [0.2, 0.25) is 0 Å². The predicted octanol–water partition coefficient (Wildman–Crippen LogP) is 4.31. The summed E-state index contributed by atoms with van der Waals surface area (Å²) in [6, 6.07) is 4.20. The minimum atomic E-state index is -4.92. The Morgan fingerprint density at radius 2 is 1.68 bits per heavy atom. The van der Waals surface area contributed by atoms with Gasteiger partial charge in [-0.3, -0.25) is 19.1 Å². The molecule has 4 amide bonds. The number of hydrogen-bond donors (Lipinski definition) is 3. The quantitative estimate of drug-likeness (QED) is 0.321. The van der Waals surface area contributed by atoms with Gasteiger partial charge in [0.05, 0.1) is 29.2 Å². The molecule has 7 atom stereocenters. The Balaban J connectivity index is 1.36. The van der Waals surface area contributed by atoms with Gasteiger partial charge in [-0.15, -0.1) is 10.2 Å². The van der Waals surface area contributed by atoms with Gasteiger partial charge in [-0.2, -0.15) is 13.2 Å². The van der Waals surface area contributed by atoms with Crippen LogP contribution in [0.25, 0.3) is 10.8 Å². The maximum Gasteiger partial charge on any atom is 0.427 e. The number of hydrogen-bond acceptors (Lipinski definition) is 11. The van der Waals surface area contributed by atoms with Crippen molar-refractivity contribution in [1.29, 1.82) is 0 Å². The summed E-state index contributed by atoms with van der Waals surface area (Å²) in [5, 5.41) is 14.5. The lowest BCUT2D eigenvalue weighted by Gasteiger charge is -2.34. The van der Waals surface area contributed by atoms with Gasteiger partial charge >= 0.3 is 12.3 Å². The molecule has 2 saturated carbocycles. The first-order valence-corrected chi connectivity index (χ1v) is 20.5. The Kier molecular flexibility index (Phi) is 11.2. The molecule has 6 rings (SSSR count). The summed E-state index contributed by atoms with van der Waals surface area (Å²) in [5.41, 5.74) is -4.54. The zero-order chi connectivity index (χ0) is 41.7. The van der Waals surface area contributed by atoms with Gasteiger partial charge in [-0.05, 0) is 83.3 Å². The number of halogens is 3. The maximum absolute atomic E-state index is 14.7. The van der Waals surface area contributed by atoms with Gasteiger partial charge in [-0.1, -0.05) is 38.1 Å². The summed E-state index contributed by atoms with van der Waals surface area (Å²) < 4.78 is 85.0. The first-order chi connectivity index (χ1) is 26.6. The van der Waals surface area contributed by atoms with Gasteiger partial charge < -0.3 is 29.7 Å². The molecule has 0 spiro atoms. The van der Waals surface area contributed by atoms with Crippen LogP contribution >= 0.6 is 0 Å². The number of benzene rings is 1. The van der Waals surface area contributed by atoms with Crippen LogP contribution in [0.1, 0.15) is 79.6 Å². The Labute approximate surface area is 328 Å². The van der Waals surface area contributed by atoms with Crippen molar-refractivity contribution in [1.82, 2.24) is 30.5 Å². The smallest absolute Gasteiger partial charge is 0.427 e. The number of ether oxygens (including phenoxy) is 3. The zero-order valence-electron chi connectivity index (χ0n) is 32.6. The second-order valence-corrected chi connectivity index (χ2v) is 18.7. The fraction of sp³-hybridized carbons (Fsp3) is 0.632. The molecule has 15 nitrogen and oxygen atoms in total. The number of fused-ring (bicyclic) bond motifs is 3. The van der Waals surface area contributed by atoms with Crippen LogP contribution in [0.4, 0.5) is 18.0 Å². The average Bonchev–Trinajstić information content (AvgIpc) is 4.01. The van der Waals surface area contributed by atoms with E-state index in [0.29, 0.717) is 56.7 Å². The molecule has 2 aliphatic carbocycles. The summed E-state index contributed by atoms with van der Waals surface area (Å²) >= 11 is 0. The number of alkyl carbamates (subject to hydrolysis) is 1. The first kappa shape index (κ1) is 41.9. The standard InChI is InChI=1S/C38H49F3N6O9S/c1-21-11-7-8-12-23-19-37(23,33(50)46-57(52,53)36(5)15-16-36)43-29(48)27-18-24(55-31-26-14-10-9-13-25(26)30(54-6)44-45-31)20-47(27)32(49)28(22(2)17-21)42-34(51)56-35(3,4)38(39,40)41/h8-10,12-14,21-24,27-28H,7,11,15-20H2,1-6H3,(H,42,51)(H,43,48)(H,46,50). The molecule has 57 heavy (non-hydrogen) atoms. The van der Waals surface area contributed by atoms with Crippen molar-refractivity contribution in [2.24, 2.45) is 17.8 Å². The van der Waals surface area contributed by atoms with E-state index in [9.17, 15) is 40.8 Å². The van der Waals surface area contributed by atoms with Crippen LogP contribution in [0.15, 0.2) is 36.4 Å². The molecule has 2 aromatic rings. The molecule has 1 saturated heterocycles. The fourth-order valence-corrected chi connectivity index (χ4v) is 8.81. The lowest BCUT2D eigenvalue weighted by atomic mass is 9.88. The van der Waals surface area contributed by atoms with Gasteiger partial charge in [0.15, 0.2) is 0 Å². The number of alkyl halides is 3. The molecule has 1 aromatic carbocycles. The van der Waals surface area contributed by atoms with E-state index in [-0.39, 0.29) is 37.1 Å². The van der Waals surface area contributed by atoms with Crippen molar-refractivity contribution in [3.63, 3.8) is 0 Å². The van der Waals surface area contributed by atoms with Gasteiger partial charge in [0.2, 0.25) is 39.2 Å². The molecule has 3 N–H and O–H groups in total. The number of carbonyl (C=O) groups excluding carboxylic acids is 4. The predicted molar refractivity (Wildman–Crippen MR) is 199 cm³/mol. The summed E-state index contributed by atoms with van der Waals surface area (Å²) in [6.07, 6.45) is -1.46. The lowest BCUT2D eigenvalue weighted by molar-refractivity contribution is -0.244. The van der Waals surface area contributed by atoms with E-state index in [1.165, 1.54) is 18.9 Å². The first-order valence-electron chi connectivity index (χ1n) is 19.0. The second kappa shape index (κ2) is 15.2. The van der Waals surface area contributed by atoms with Crippen LogP contribution in [0.5, 0.6) is 11.8 Å². The number of nitrogens with one attached hydrogen (secondary N) is 3. The lowest BCUT2D eigenvalue weighted by Crippen LogP contribution is -2.59. The largest absolute Gasteiger partial charge is 0.479 e. The maximum atomic E-state index is 14.7. The van der Waals surface area contributed by atoms with Crippen LogP contribution in [-0.4, -0.2) is 101 Å². The Morgan fingerprint density at radius 1 is 1.04 bits per heavy atom. The van der Waals surface area contributed by atoms with Crippen molar-refractivity contribution in [3.05, 3.63) is 36.4 Å². The van der Waals surface area contributed by atoms with Gasteiger partial charge in [-0.25, -0.2) is 13.2 Å². The fourth-order valence-electron chi connectivity index (χ4n) is 7.49. The van der Waals surface area contributed by atoms with Crippen molar-refractivity contribution >= 4 is 44.6 Å². The van der Waals surface area contributed by atoms with Gasteiger partial charge in [0, 0.05) is 12.3 Å². The molecule has 0 bridgehead atoms. The average molecular weight is 823 g/mol. The molecule has 19 heteroatoms. The summed E-state index contributed by atoms with van der Waals surface area (Å²) in [4.78, 5) is 57.3. The second-order valence-electron chi connectivity index (χ2n) is 16.5. The van der Waals surface area contributed by atoms with Crippen molar-refractivity contribution in [3.8, 4) is 11.8 Å². The number of rotatable bonds is 8. The molecular weight excluding hydrogens is 774 g/mol. The molecule has 1 aromatic heterocycles. The van der Waals surface area contributed by atoms with E-state index >= 15 is 0 Å². The highest BCUT2D eigenvalue weighted by atomic mass is 32.2. The molecule has 7 unspecified atom stereocenters. The SMILES string of the molecule is COc1nnc(OC2CC3C(=O)NC4(C(=O)NS(=O)(=O)C5(C)CC5)CC4C=CCCC(C)CC(C)C(NC(=O)OC(C)(C)C(F)(F)F)C(=O)N3C2)c2ccccc12. The number of nitrogens with zero attached hydrogens (tertiary/aromatic N) is 3. The molecule has 3 heterocycles. The monoisotopic (exact) mass is 822 g/mol. The molecular formula is C38H49F3N6O9S. The summed E-state index contributed by atoms with van der Waals surface area (Å²) in [5.74, 6) is -3.43. The molecule has 0 radical (unpaired) electrons. The molecule has 4 aliphatic rings. The number of carbonyl (C=O) groups is 4. The Bertz CT molecular complexity index is 2060. The van der Waals surface area contributed by atoms with Crippen LogP contribution < -0.4 is 24.8 Å². The van der Waals surface area contributed by atoms with E-state index in [1.807, 2.05) is 13.0 Å². The number of methoxy groups -OCH3 is 1. The van der Waals surface area contributed by atoms with Crippen LogP contribution in [0.3, 0.4) is 0 Å². The van der Waals surface area contributed by atoms with Crippen molar-refractivity contribution in [2.75, 3.05) is 13.7 Å². The zero-order valence-corrected chi connectivity index (χ0v) is 33.5. The van der Waals surface area contributed by atoms with Gasteiger partial charge in [0.25, 0.3) is 5.91 Å². The normalized spacial score (nSPS) is 29.2. The number of sulfonamides is 1. The Hall–Kier alpha value is -4.68. The highest BCUT2D eigenvalue weighted by Gasteiger charge is 2.63. The minimum absolute atomic E-state index is 0.0432. The van der Waals surface area contributed by atoms with Gasteiger partial charge in [0.1, 0.15) is 23.7 Å². The molecule has 3 fully saturated rings. The highest BCUT2D eigenvalue weighted by Crippen LogP contribution is 2.48. The van der Waals surface area contributed by atoms with E-state index < -0.39 is 85.9 Å². The van der Waals surface area contributed by atoms with Crippen molar-refractivity contribution in [2.45, 2.75) is 120 Å². The third kappa shape index (κ3) is 8.48. The van der Waals surface area contributed by atoms with Crippen LogP contribution in [0, 0.1) is 17.8 Å². The van der Waals surface area contributed by atoms with E-state index in [2.05, 4.69) is 25.6 Å². The number of amides is 4.